The maximum Gasteiger partial charge on any atom is 0.418 e. The van der Waals surface area contributed by atoms with E-state index < -0.39 is 11.7 Å². The molecule has 0 amide bonds. The van der Waals surface area contributed by atoms with Crippen molar-refractivity contribution in [3.05, 3.63) is 28.8 Å². The van der Waals surface area contributed by atoms with E-state index in [1.165, 1.54) is 12.1 Å². The highest BCUT2D eigenvalue weighted by Gasteiger charge is 2.34. The van der Waals surface area contributed by atoms with Crippen LogP contribution < -0.4 is 10.6 Å². The van der Waals surface area contributed by atoms with Crippen LogP contribution in [-0.2, 0) is 6.18 Å². The van der Waals surface area contributed by atoms with E-state index in [0.29, 0.717) is 6.54 Å². The number of piperidine rings is 1. The highest BCUT2D eigenvalue weighted by molar-refractivity contribution is 6.33. The van der Waals surface area contributed by atoms with Crippen molar-refractivity contribution in [2.75, 3.05) is 18.4 Å². The summed E-state index contributed by atoms with van der Waals surface area (Å²) < 4.78 is 38.6. The number of hydrogen-bond donors (Lipinski definition) is 2. The summed E-state index contributed by atoms with van der Waals surface area (Å²) in [6, 6.07) is 3.81. The molecule has 0 bridgehead atoms. The smallest absolute Gasteiger partial charge is 0.379 e. The van der Waals surface area contributed by atoms with Crippen LogP contribution in [0.25, 0.3) is 0 Å². The highest BCUT2D eigenvalue weighted by Crippen LogP contribution is 2.38. The van der Waals surface area contributed by atoms with Crippen molar-refractivity contribution < 1.29 is 13.2 Å². The van der Waals surface area contributed by atoms with Gasteiger partial charge < -0.3 is 10.6 Å². The topological polar surface area (TPSA) is 24.1 Å². The first-order valence-corrected chi connectivity index (χ1v) is 6.19. The fraction of sp³-hybridized carbons (Fsp3) is 0.500. The first kappa shape index (κ1) is 13.5. The lowest BCUT2D eigenvalue weighted by atomic mass is 10.1. The molecule has 0 spiro atoms. The molecule has 1 aromatic carbocycles. The van der Waals surface area contributed by atoms with Gasteiger partial charge >= 0.3 is 6.18 Å². The van der Waals surface area contributed by atoms with Crippen molar-refractivity contribution in [2.45, 2.75) is 25.1 Å². The van der Waals surface area contributed by atoms with Crippen LogP contribution in [0, 0.1) is 0 Å². The van der Waals surface area contributed by atoms with Crippen LogP contribution in [0.15, 0.2) is 18.2 Å². The lowest BCUT2D eigenvalue weighted by molar-refractivity contribution is -0.137. The van der Waals surface area contributed by atoms with E-state index >= 15 is 0 Å². The standard InChI is InChI=1S/C12H14ClF3N2/c13-10-5-1-4-9(12(14,15)16)11(10)18-8-3-2-6-17-7-8/h1,4-5,8,17-18H,2-3,6-7H2. The van der Waals surface area contributed by atoms with Gasteiger partial charge in [0, 0.05) is 12.6 Å². The zero-order chi connectivity index (χ0) is 13.2. The first-order chi connectivity index (χ1) is 8.48. The molecule has 1 atom stereocenters. The zero-order valence-electron chi connectivity index (χ0n) is 9.65. The third kappa shape index (κ3) is 3.09. The van der Waals surface area contributed by atoms with Gasteiger partial charge in [0.25, 0.3) is 0 Å². The van der Waals surface area contributed by atoms with E-state index in [2.05, 4.69) is 10.6 Å². The van der Waals surface area contributed by atoms with Gasteiger partial charge in [0.15, 0.2) is 0 Å². The van der Waals surface area contributed by atoms with E-state index in [9.17, 15) is 13.2 Å². The van der Waals surface area contributed by atoms with Crippen molar-refractivity contribution >= 4 is 17.3 Å². The van der Waals surface area contributed by atoms with Gasteiger partial charge in [-0.25, -0.2) is 0 Å². The molecule has 100 valence electrons. The molecule has 1 aliphatic heterocycles. The minimum Gasteiger partial charge on any atom is -0.379 e. The number of nitrogens with one attached hydrogen (secondary N) is 2. The fourth-order valence-electron chi connectivity index (χ4n) is 2.09. The summed E-state index contributed by atoms with van der Waals surface area (Å²) in [5.74, 6) is 0. The largest absolute Gasteiger partial charge is 0.418 e. The van der Waals surface area contributed by atoms with Gasteiger partial charge in [0.1, 0.15) is 0 Å². The Morgan fingerprint density at radius 3 is 2.72 bits per heavy atom. The van der Waals surface area contributed by atoms with Crippen molar-refractivity contribution in [3.63, 3.8) is 0 Å². The van der Waals surface area contributed by atoms with Crippen LogP contribution in [0.1, 0.15) is 18.4 Å². The summed E-state index contributed by atoms with van der Waals surface area (Å²) >= 11 is 5.87. The average molecular weight is 279 g/mol. The van der Waals surface area contributed by atoms with Crippen molar-refractivity contribution in [2.24, 2.45) is 0 Å². The van der Waals surface area contributed by atoms with Crippen molar-refractivity contribution in [1.82, 2.24) is 5.32 Å². The second-order valence-electron chi connectivity index (χ2n) is 4.35. The Hall–Kier alpha value is -0.940. The van der Waals surface area contributed by atoms with Gasteiger partial charge in [0.05, 0.1) is 16.3 Å². The third-order valence-corrected chi connectivity index (χ3v) is 3.28. The summed E-state index contributed by atoms with van der Waals surface area (Å²) in [6.45, 7) is 1.56. The second kappa shape index (κ2) is 5.36. The van der Waals surface area contributed by atoms with Crippen LogP contribution in [-0.4, -0.2) is 19.1 Å². The molecule has 0 saturated carbocycles. The number of benzene rings is 1. The van der Waals surface area contributed by atoms with Crippen LogP contribution in [0.3, 0.4) is 0 Å². The Labute approximate surface area is 109 Å². The molecular formula is C12H14ClF3N2. The summed E-state index contributed by atoms with van der Waals surface area (Å²) in [5.41, 5.74) is -0.721. The molecule has 2 nitrogen and oxygen atoms in total. The molecule has 0 aliphatic carbocycles. The monoisotopic (exact) mass is 278 g/mol. The molecule has 0 aromatic heterocycles. The lowest BCUT2D eigenvalue weighted by Crippen LogP contribution is -2.38. The number of para-hydroxylation sites is 1. The molecular weight excluding hydrogens is 265 g/mol. The Morgan fingerprint density at radius 2 is 2.11 bits per heavy atom. The first-order valence-electron chi connectivity index (χ1n) is 5.81. The molecule has 2 N–H and O–H groups in total. The van der Waals surface area contributed by atoms with Crippen LogP contribution in [0.5, 0.6) is 0 Å². The molecule has 6 heteroatoms. The van der Waals surface area contributed by atoms with Gasteiger partial charge in [-0.2, -0.15) is 13.2 Å². The van der Waals surface area contributed by atoms with E-state index in [-0.39, 0.29) is 16.8 Å². The molecule has 1 heterocycles. The second-order valence-corrected chi connectivity index (χ2v) is 4.75. The van der Waals surface area contributed by atoms with E-state index in [0.717, 1.165) is 25.5 Å². The Kier molecular flexibility index (Phi) is 4.02. The van der Waals surface area contributed by atoms with Crippen molar-refractivity contribution in [1.29, 1.82) is 0 Å². The molecule has 1 unspecified atom stereocenters. The summed E-state index contributed by atoms with van der Waals surface area (Å²) in [4.78, 5) is 0. The van der Waals surface area contributed by atoms with Crippen molar-refractivity contribution in [3.8, 4) is 0 Å². The number of alkyl halides is 3. The summed E-state index contributed by atoms with van der Waals surface area (Å²) in [7, 11) is 0. The lowest BCUT2D eigenvalue weighted by Gasteiger charge is -2.27. The molecule has 1 fully saturated rings. The predicted octanol–water partition coefficient (Wildman–Crippen LogP) is 3.52. The fourth-order valence-corrected chi connectivity index (χ4v) is 2.32. The van der Waals surface area contributed by atoms with Gasteiger partial charge in [0.2, 0.25) is 0 Å². The molecule has 0 radical (unpaired) electrons. The van der Waals surface area contributed by atoms with Gasteiger partial charge in [-0.15, -0.1) is 0 Å². The third-order valence-electron chi connectivity index (χ3n) is 2.96. The quantitative estimate of drug-likeness (QED) is 0.865. The maximum atomic E-state index is 12.9. The number of hydrogen-bond acceptors (Lipinski definition) is 2. The number of halogens is 4. The van der Waals surface area contributed by atoms with Crippen LogP contribution in [0.4, 0.5) is 18.9 Å². The normalized spacial score (nSPS) is 20.8. The SMILES string of the molecule is FC(F)(F)c1cccc(Cl)c1NC1CCCNC1. The van der Waals surface area contributed by atoms with Gasteiger partial charge in [-0.05, 0) is 31.5 Å². The Morgan fingerprint density at radius 1 is 1.33 bits per heavy atom. The van der Waals surface area contributed by atoms with Crippen LogP contribution in [0.2, 0.25) is 5.02 Å². The molecule has 2 rings (SSSR count). The molecule has 1 saturated heterocycles. The Balaban J connectivity index is 2.25. The highest BCUT2D eigenvalue weighted by atomic mass is 35.5. The van der Waals surface area contributed by atoms with E-state index in [4.69, 9.17) is 11.6 Å². The summed E-state index contributed by atoms with van der Waals surface area (Å²) in [6.07, 6.45) is -2.60. The number of rotatable bonds is 2. The van der Waals surface area contributed by atoms with Crippen LogP contribution >= 0.6 is 11.6 Å². The molecule has 1 aliphatic rings. The van der Waals surface area contributed by atoms with E-state index in [1.54, 1.807) is 0 Å². The number of anilines is 1. The minimum atomic E-state index is -4.39. The minimum absolute atomic E-state index is 0.0135. The Bertz CT molecular complexity index is 414. The maximum absolute atomic E-state index is 12.9. The van der Waals surface area contributed by atoms with E-state index in [1.807, 2.05) is 0 Å². The molecule has 1 aromatic rings. The summed E-state index contributed by atoms with van der Waals surface area (Å²) in [5, 5.41) is 6.16. The average Bonchev–Trinajstić information content (AvgIpc) is 2.32. The predicted molar refractivity (Wildman–Crippen MR) is 66.0 cm³/mol. The van der Waals surface area contributed by atoms with Gasteiger partial charge in [-0.1, -0.05) is 17.7 Å². The van der Waals surface area contributed by atoms with Gasteiger partial charge in [-0.3, -0.25) is 0 Å². The zero-order valence-corrected chi connectivity index (χ0v) is 10.4. The molecule has 18 heavy (non-hydrogen) atoms.